The van der Waals surface area contributed by atoms with Crippen LogP contribution in [0.4, 0.5) is 11.5 Å². The maximum absolute atomic E-state index is 4.62. The van der Waals surface area contributed by atoms with Crippen LogP contribution in [0.5, 0.6) is 0 Å². The summed E-state index contributed by atoms with van der Waals surface area (Å²) in [5, 5.41) is 4.39. The van der Waals surface area contributed by atoms with Crippen LogP contribution in [0.2, 0.25) is 0 Å². The Balaban J connectivity index is 1.57. The minimum atomic E-state index is 0.697. The zero-order valence-electron chi connectivity index (χ0n) is 15.8. The molecular formula is C20H26N6. The van der Waals surface area contributed by atoms with Gasteiger partial charge in [-0.2, -0.15) is 14.6 Å². The fraction of sp³-hybridized carbons (Fsp3) is 0.450. The Morgan fingerprint density at radius 3 is 2.58 bits per heavy atom. The van der Waals surface area contributed by atoms with Gasteiger partial charge in [-0.1, -0.05) is 25.5 Å². The summed E-state index contributed by atoms with van der Waals surface area (Å²) in [6.07, 6.45) is 3.64. The third-order valence-electron chi connectivity index (χ3n) is 5.31. The second-order valence-corrected chi connectivity index (χ2v) is 7.02. The number of fused-ring (bicyclic) bond motifs is 1. The van der Waals surface area contributed by atoms with Crippen molar-refractivity contribution in [3.05, 3.63) is 47.4 Å². The fourth-order valence-corrected chi connectivity index (χ4v) is 3.71. The number of anilines is 2. The predicted octanol–water partition coefficient (Wildman–Crippen LogP) is 3.02. The van der Waals surface area contributed by atoms with Gasteiger partial charge in [0.15, 0.2) is 0 Å². The molecule has 3 aromatic rings. The van der Waals surface area contributed by atoms with E-state index >= 15 is 0 Å². The van der Waals surface area contributed by atoms with Crippen molar-refractivity contribution in [3.63, 3.8) is 0 Å². The van der Waals surface area contributed by atoms with Crippen LogP contribution < -0.4 is 9.80 Å². The maximum atomic E-state index is 4.62. The lowest BCUT2D eigenvalue weighted by molar-refractivity contribution is 0.636. The molecule has 1 saturated heterocycles. The van der Waals surface area contributed by atoms with Crippen LogP contribution in [0.3, 0.4) is 0 Å². The molecule has 0 amide bonds. The van der Waals surface area contributed by atoms with Crippen molar-refractivity contribution in [1.82, 2.24) is 19.6 Å². The molecular weight excluding hydrogens is 324 g/mol. The number of piperazine rings is 1. The monoisotopic (exact) mass is 350 g/mol. The van der Waals surface area contributed by atoms with Crippen molar-refractivity contribution in [3.8, 4) is 0 Å². The Bertz CT molecular complexity index is 908. The first-order chi connectivity index (χ1) is 12.7. The largest absolute Gasteiger partial charge is 0.368 e. The number of rotatable bonds is 4. The van der Waals surface area contributed by atoms with Gasteiger partial charge in [0.05, 0.1) is 0 Å². The van der Waals surface area contributed by atoms with Crippen LogP contribution >= 0.6 is 0 Å². The van der Waals surface area contributed by atoms with Gasteiger partial charge in [0, 0.05) is 43.6 Å². The molecule has 4 rings (SSSR count). The highest BCUT2D eigenvalue weighted by molar-refractivity contribution is 5.57. The lowest BCUT2D eigenvalue weighted by Gasteiger charge is -2.38. The van der Waals surface area contributed by atoms with Crippen LogP contribution in [0.25, 0.3) is 5.78 Å². The van der Waals surface area contributed by atoms with E-state index in [0.29, 0.717) is 5.78 Å². The van der Waals surface area contributed by atoms with E-state index in [1.54, 1.807) is 6.33 Å². The summed E-state index contributed by atoms with van der Waals surface area (Å²) < 4.78 is 1.87. The van der Waals surface area contributed by atoms with E-state index in [9.17, 15) is 0 Å². The predicted molar refractivity (Wildman–Crippen MR) is 105 cm³/mol. The molecule has 3 heterocycles. The van der Waals surface area contributed by atoms with E-state index in [4.69, 9.17) is 0 Å². The molecule has 0 bridgehead atoms. The van der Waals surface area contributed by atoms with Gasteiger partial charge < -0.3 is 9.80 Å². The zero-order valence-corrected chi connectivity index (χ0v) is 15.8. The Morgan fingerprint density at radius 2 is 1.81 bits per heavy atom. The third kappa shape index (κ3) is 3.00. The third-order valence-corrected chi connectivity index (χ3v) is 5.31. The van der Waals surface area contributed by atoms with Crippen molar-refractivity contribution in [2.24, 2.45) is 0 Å². The molecule has 1 aliphatic heterocycles. The number of aryl methyl sites for hydroxylation is 2. The Hall–Kier alpha value is -2.63. The van der Waals surface area contributed by atoms with Crippen LogP contribution in [0.15, 0.2) is 30.6 Å². The minimum absolute atomic E-state index is 0.697. The second kappa shape index (κ2) is 6.94. The molecule has 0 saturated carbocycles. The molecule has 1 fully saturated rings. The topological polar surface area (TPSA) is 49.6 Å². The van der Waals surface area contributed by atoms with E-state index in [1.807, 2.05) is 4.52 Å². The molecule has 0 spiro atoms. The van der Waals surface area contributed by atoms with Gasteiger partial charge >= 0.3 is 0 Å². The average Bonchev–Trinajstić information content (AvgIpc) is 3.12. The fourth-order valence-electron chi connectivity index (χ4n) is 3.71. The van der Waals surface area contributed by atoms with Crippen LogP contribution in [-0.4, -0.2) is 45.8 Å². The van der Waals surface area contributed by atoms with Gasteiger partial charge in [0.1, 0.15) is 12.1 Å². The molecule has 0 unspecified atom stereocenters. The normalized spacial score (nSPS) is 15.0. The Morgan fingerprint density at radius 1 is 1.04 bits per heavy atom. The minimum Gasteiger partial charge on any atom is -0.368 e. The zero-order chi connectivity index (χ0) is 18.1. The van der Waals surface area contributed by atoms with Gasteiger partial charge in [0.25, 0.3) is 5.78 Å². The van der Waals surface area contributed by atoms with Crippen molar-refractivity contribution in [2.45, 2.75) is 33.6 Å². The molecule has 0 radical (unpaired) electrons. The van der Waals surface area contributed by atoms with E-state index < -0.39 is 0 Å². The summed E-state index contributed by atoms with van der Waals surface area (Å²) in [6.45, 7) is 10.5. The van der Waals surface area contributed by atoms with E-state index in [-0.39, 0.29) is 0 Å². The molecule has 1 aliphatic rings. The molecule has 6 nitrogen and oxygen atoms in total. The number of nitrogens with zero attached hydrogens (tertiary/aromatic N) is 6. The van der Waals surface area contributed by atoms with Gasteiger partial charge in [0.2, 0.25) is 0 Å². The van der Waals surface area contributed by atoms with Gasteiger partial charge in [-0.3, -0.25) is 0 Å². The highest BCUT2D eigenvalue weighted by atomic mass is 15.4. The first-order valence-electron chi connectivity index (χ1n) is 9.43. The smallest absolute Gasteiger partial charge is 0.254 e. The average molecular weight is 350 g/mol. The summed E-state index contributed by atoms with van der Waals surface area (Å²) in [6, 6.07) is 8.75. The highest BCUT2D eigenvalue weighted by Crippen LogP contribution is 2.25. The van der Waals surface area contributed by atoms with Crippen molar-refractivity contribution < 1.29 is 0 Å². The molecule has 0 N–H and O–H groups in total. The van der Waals surface area contributed by atoms with Crippen molar-refractivity contribution in [1.29, 1.82) is 0 Å². The lowest BCUT2D eigenvalue weighted by Crippen LogP contribution is -2.47. The molecule has 0 atom stereocenters. The molecule has 2 aromatic heterocycles. The summed E-state index contributed by atoms with van der Waals surface area (Å²) in [4.78, 5) is 13.8. The van der Waals surface area contributed by atoms with Gasteiger partial charge in [-0.15, -0.1) is 0 Å². The molecule has 1 aromatic carbocycles. The van der Waals surface area contributed by atoms with E-state index in [0.717, 1.165) is 50.5 Å². The summed E-state index contributed by atoms with van der Waals surface area (Å²) in [5.74, 6) is 1.81. The SMILES string of the molecule is CCCc1cc(N2CCN(c3cccc(C)c3C)CC2)n2ncnc2n1. The van der Waals surface area contributed by atoms with Gasteiger partial charge in [-0.05, 0) is 37.5 Å². The summed E-state index contributed by atoms with van der Waals surface area (Å²) in [7, 11) is 0. The van der Waals surface area contributed by atoms with Crippen LogP contribution in [0.1, 0.15) is 30.2 Å². The number of hydrogen-bond donors (Lipinski definition) is 0. The highest BCUT2D eigenvalue weighted by Gasteiger charge is 2.22. The molecule has 26 heavy (non-hydrogen) atoms. The number of benzene rings is 1. The van der Waals surface area contributed by atoms with Gasteiger partial charge in [-0.25, -0.2) is 4.98 Å². The van der Waals surface area contributed by atoms with E-state index in [2.05, 4.69) is 69.9 Å². The first-order valence-corrected chi connectivity index (χ1v) is 9.43. The second-order valence-electron chi connectivity index (χ2n) is 7.02. The van der Waals surface area contributed by atoms with Crippen LogP contribution in [-0.2, 0) is 6.42 Å². The Kier molecular flexibility index (Phi) is 4.49. The number of aromatic nitrogens is 4. The number of hydrogen-bond acceptors (Lipinski definition) is 5. The summed E-state index contributed by atoms with van der Waals surface area (Å²) >= 11 is 0. The molecule has 6 heteroatoms. The summed E-state index contributed by atoms with van der Waals surface area (Å²) in [5.41, 5.74) is 5.19. The standard InChI is InChI=1S/C20H26N6/c1-4-6-17-13-19(26-20(23-17)21-14-22-26)25-11-9-24(10-12-25)18-8-5-7-15(2)16(18)3/h5,7-8,13-14H,4,6,9-12H2,1-3H3. The lowest BCUT2D eigenvalue weighted by atomic mass is 10.1. The quantitative estimate of drug-likeness (QED) is 0.724. The Labute approximate surface area is 154 Å². The molecule has 136 valence electrons. The first kappa shape index (κ1) is 16.8. The maximum Gasteiger partial charge on any atom is 0.254 e. The molecule has 0 aliphatic carbocycles. The van der Waals surface area contributed by atoms with Crippen molar-refractivity contribution >= 4 is 17.3 Å². The van der Waals surface area contributed by atoms with E-state index in [1.165, 1.54) is 16.8 Å². The van der Waals surface area contributed by atoms with Crippen molar-refractivity contribution in [2.75, 3.05) is 36.0 Å². The van der Waals surface area contributed by atoms with Crippen LogP contribution in [0, 0.1) is 13.8 Å².